The SMILES string of the molecule is Cc1c(C#N)c(NC(=O)CN2CCNC(=O)C2)n(C2CCCCC2)c1C. The van der Waals surface area contributed by atoms with Gasteiger partial charge in [-0.3, -0.25) is 14.5 Å². The average molecular weight is 357 g/mol. The summed E-state index contributed by atoms with van der Waals surface area (Å²) in [6.07, 6.45) is 5.77. The summed E-state index contributed by atoms with van der Waals surface area (Å²) in [6, 6.07) is 2.60. The van der Waals surface area contributed by atoms with E-state index in [0.29, 0.717) is 30.5 Å². The van der Waals surface area contributed by atoms with Crippen molar-refractivity contribution in [2.75, 3.05) is 31.5 Å². The van der Waals surface area contributed by atoms with Crippen LogP contribution in [0.1, 0.15) is 55.0 Å². The Morgan fingerprint density at radius 1 is 1.31 bits per heavy atom. The number of rotatable bonds is 4. The summed E-state index contributed by atoms with van der Waals surface area (Å²) >= 11 is 0. The van der Waals surface area contributed by atoms with Gasteiger partial charge in [-0.2, -0.15) is 5.26 Å². The summed E-state index contributed by atoms with van der Waals surface area (Å²) < 4.78 is 2.16. The Bertz CT molecular complexity index is 740. The molecule has 1 aliphatic heterocycles. The van der Waals surface area contributed by atoms with E-state index in [9.17, 15) is 14.9 Å². The van der Waals surface area contributed by atoms with E-state index in [1.165, 1.54) is 19.3 Å². The van der Waals surface area contributed by atoms with Crippen LogP contribution in [0, 0.1) is 25.2 Å². The summed E-state index contributed by atoms with van der Waals surface area (Å²) in [4.78, 5) is 25.9. The monoisotopic (exact) mass is 357 g/mol. The Hall–Kier alpha value is -2.33. The fraction of sp³-hybridized carbons (Fsp3) is 0.632. The molecular formula is C19H27N5O2. The van der Waals surface area contributed by atoms with Crippen molar-refractivity contribution >= 4 is 17.6 Å². The number of amides is 2. The second-order valence-corrected chi connectivity index (χ2v) is 7.32. The molecule has 7 nitrogen and oxygen atoms in total. The third-order valence-corrected chi connectivity index (χ3v) is 5.55. The number of carbonyl (C=O) groups is 2. The molecule has 1 aliphatic carbocycles. The standard InChI is InChI=1S/C19H27N5O2/c1-13-14(2)24(15-6-4-3-5-7-15)19(16(13)10-20)22-18(26)12-23-9-8-21-17(25)11-23/h15H,3-9,11-12H2,1-2H3,(H,21,25)(H,22,26). The number of nitriles is 1. The Kier molecular flexibility index (Phi) is 5.62. The van der Waals surface area contributed by atoms with Crippen molar-refractivity contribution in [3.05, 3.63) is 16.8 Å². The minimum Gasteiger partial charge on any atom is -0.354 e. The minimum atomic E-state index is -0.175. The highest BCUT2D eigenvalue weighted by atomic mass is 16.2. The molecule has 0 atom stereocenters. The van der Waals surface area contributed by atoms with Crippen LogP contribution in [0.15, 0.2) is 0 Å². The summed E-state index contributed by atoms with van der Waals surface area (Å²) in [7, 11) is 0. The lowest BCUT2D eigenvalue weighted by atomic mass is 9.95. The van der Waals surface area contributed by atoms with Gasteiger partial charge in [0.15, 0.2) is 0 Å². The van der Waals surface area contributed by atoms with Gasteiger partial charge in [0.1, 0.15) is 11.9 Å². The maximum atomic E-state index is 12.6. The highest BCUT2D eigenvalue weighted by Gasteiger charge is 2.26. The molecule has 140 valence electrons. The number of carbonyl (C=O) groups excluding carboxylic acids is 2. The van der Waals surface area contributed by atoms with Gasteiger partial charge in [-0.1, -0.05) is 19.3 Å². The molecule has 1 aromatic rings. The Balaban J connectivity index is 1.81. The molecule has 26 heavy (non-hydrogen) atoms. The number of hydrogen-bond donors (Lipinski definition) is 2. The van der Waals surface area contributed by atoms with Crippen molar-refractivity contribution in [1.82, 2.24) is 14.8 Å². The van der Waals surface area contributed by atoms with E-state index in [4.69, 9.17) is 0 Å². The van der Waals surface area contributed by atoms with Crippen LogP contribution in [-0.4, -0.2) is 47.5 Å². The quantitative estimate of drug-likeness (QED) is 0.860. The van der Waals surface area contributed by atoms with E-state index in [1.807, 2.05) is 18.7 Å². The largest absolute Gasteiger partial charge is 0.354 e. The van der Waals surface area contributed by atoms with Crippen LogP contribution in [-0.2, 0) is 9.59 Å². The van der Waals surface area contributed by atoms with Crippen LogP contribution < -0.4 is 10.6 Å². The van der Waals surface area contributed by atoms with Gasteiger partial charge >= 0.3 is 0 Å². The molecule has 1 saturated carbocycles. The normalized spacial score (nSPS) is 19.0. The first kappa shape index (κ1) is 18.5. The maximum Gasteiger partial charge on any atom is 0.239 e. The first-order valence-corrected chi connectivity index (χ1v) is 9.41. The van der Waals surface area contributed by atoms with Crippen molar-refractivity contribution < 1.29 is 9.59 Å². The van der Waals surface area contributed by atoms with Gasteiger partial charge < -0.3 is 15.2 Å². The van der Waals surface area contributed by atoms with Gasteiger partial charge in [-0.25, -0.2) is 0 Å². The summed E-state index contributed by atoms with van der Waals surface area (Å²) in [5, 5.41) is 15.4. The molecule has 0 unspecified atom stereocenters. The molecule has 0 spiro atoms. The number of nitrogens with zero attached hydrogens (tertiary/aromatic N) is 3. The van der Waals surface area contributed by atoms with Crippen molar-refractivity contribution in [1.29, 1.82) is 5.26 Å². The first-order valence-electron chi connectivity index (χ1n) is 9.41. The molecule has 2 amide bonds. The number of hydrogen-bond acceptors (Lipinski definition) is 4. The molecule has 3 rings (SSSR count). The van der Waals surface area contributed by atoms with Crippen molar-refractivity contribution in [2.45, 2.75) is 52.0 Å². The number of aromatic nitrogens is 1. The van der Waals surface area contributed by atoms with E-state index in [0.717, 1.165) is 24.1 Å². The lowest BCUT2D eigenvalue weighted by Crippen LogP contribution is -2.49. The zero-order chi connectivity index (χ0) is 18.7. The minimum absolute atomic E-state index is 0.0565. The third-order valence-electron chi connectivity index (χ3n) is 5.55. The molecule has 1 saturated heterocycles. The van der Waals surface area contributed by atoms with Gasteiger partial charge in [0, 0.05) is 24.8 Å². The highest BCUT2D eigenvalue weighted by Crippen LogP contribution is 2.36. The predicted octanol–water partition coefficient (Wildman–Crippen LogP) is 1.85. The van der Waals surface area contributed by atoms with Crippen LogP contribution in [0.25, 0.3) is 0 Å². The number of piperazine rings is 1. The zero-order valence-electron chi connectivity index (χ0n) is 15.6. The lowest BCUT2D eigenvalue weighted by molar-refractivity contribution is -0.125. The van der Waals surface area contributed by atoms with E-state index in [-0.39, 0.29) is 24.9 Å². The first-order chi connectivity index (χ1) is 12.5. The highest BCUT2D eigenvalue weighted by molar-refractivity contribution is 5.93. The van der Waals surface area contributed by atoms with Crippen molar-refractivity contribution in [3.8, 4) is 6.07 Å². The third kappa shape index (κ3) is 3.75. The van der Waals surface area contributed by atoms with Crippen LogP contribution in [0.3, 0.4) is 0 Å². The second-order valence-electron chi connectivity index (χ2n) is 7.32. The zero-order valence-corrected chi connectivity index (χ0v) is 15.6. The topological polar surface area (TPSA) is 90.2 Å². The summed E-state index contributed by atoms with van der Waals surface area (Å²) in [5.74, 6) is 0.394. The van der Waals surface area contributed by atoms with E-state index in [2.05, 4.69) is 21.3 Å². The van der Waals surface area contributed by atoms with Gasteiger partial charge in [0.25, 0.3) is 0 Å². The fourth-order valence-electron chi connectivity index (χ4n) is 4.08. The van der Waals surface area contributed by atoms with Crippen LogP contribution in [0.2, 0.25) is 0 Å². The Morgan fingerprint density at radius 3 is 2.69 bits per heavy atom. The van der Waals surface area contributed by atoms with E-state index >= 15 is 0 Å². The van der Waals surface area contributed by atoms with Gasteiger partial charge in [0.2, 0.25) is 11.8 Å². The van der Waals surface area contributed by atoms with E-state index in [1.54, 1.807) is 0 Å². The fourth-order valence-corrected chi connectivity index (χ4v) is 4.08. The second kappa shape index (κ2) is 7.92. The molecule has 2 fully saturated rings. The molecule has 2 heterocycles. The molecule has 0 bridgehead atoms. The van der Waals surface area contributed by atoms with Crippen molar-refractivity contribution in [3.63, 3.8) is 0 Å². The van der Waals surface area contributed by atoms with Gasteiger partial charge in [-0.05, 0) is 32.3 Å². The maximum absolute atomic E-state index is 12.6. The molecule has 0 radical (unpaired) electrons. The summed E-state index contributed by atoms with van der Waals surface area (Å²) in [5.41, 5.74) is 2.55. The lowest BCUT2D eigenvalue weighted by Gasteiger charge is -2.28. The van der Waals surface area contributed by atoms with Gasteiger partial charge in [0.05, 0.1) is 18.7 Å². The van der Waals surface area contributed by atoms with Gasteiger partial charge in [-0.15, -0.1) is 0 Å². The number of anilines is 1. The Morgan fingerprint density at radius 2 is 2.04 bits per heavy atom. The van der Waals surface area contributed by atoms with Crippen LogP contribution >= 0.6 is 0 Å². The Labute approximate surface area is 154 Å². The molecule has 0 aromatic carbocycles. The van der Waals surface area contributed by atoms with Crippen LogP contribution in [0.4, 0.5) is 5.82 Å². The molecular weight excluding hydrogens is 330 g/mol. The molecule has 2 aliphatic rings. The summed E-state index contributed by atoms with van der Waals surface area (Å²) in [6.45, 7) is 5.58. The smallest absolute Gasteiger partial charge is 0.239 e. The molecule has 2 N–H and O–H groups in total. The molecule has 1 aromatic heterocycles. The molecule has 7 heteroatoms. The van der Waals surface area contributed by atoms with Crippen molar-refractivity contribution in [2.24, 2.45) is 0 Å². The number of nitrogens with one attached hydrogen (secondary N) is 2. The van der Waals surface area contributed by atoms with E-state index < -0.39 is 0 Å². The predicted molar refractivity (Wildman–Crippen MR) is 98.8 cm³/mol. The van der Waals surface area contributed by atoms with Crippen LogP contribution in [0.5, 0.6) is 0 Å². The average Bonchev–Trinajstić information content (AvgIpc) is 2.85.